The van der Waals surface area contributed by atoms with Crippen molar-refractivity contribution in [2.45, 2.75) is 83.6 Å². The van der Waals surface area contributed by atoms with Crippen molar-refractivity contribution in [3.63, 3.8) is 0 Å². The van der Waals surface area contributed by atoms with Gasteiger partial charge < -0.3 is 24.4 Å². The first-order valence-electron chi connectivity index (χ1n) is 14.1. The molecule has 2 amide bonds. The van der Waals surface area contributed by atoms with E-state index in [1.165, 1.54) is 4.90 Å². The van der Waals surface area contributed by atoms with Gasteiger partial charge in [0.05, 0.1) is 41.5 Å². The van der Waals surface area contributed by atoms with Crippen LogP contribution in [-0.4, -0.2) is 70.8 Å². The van der Waals surface area contributed by atoms with E-state index in [1.54, 1.807) is 24.0 Å². The third-order valence-corrected chi connectivity index (χ3v) is 9.58. The number of anilines is 1. The van der Waals surface area contributed by atoms with E-state index in [0.717, 1.165) is 5.56 Å². The Morgan fingerprint density at radius 1 is 1.33 bits per heavy atom. The molecule has 2 bridgehead atoms. The number of likely N-dealkylation sites (tertiary alicyclic amines) is 1. The number of esters is 1. The Hall–Kier alpha value is -2.42. The zero-order chi connectivity index (χ0) is 28.7. The van der Waals surface area contributed by atoms with Crippen molar-refractivity contribution in [2.24, 2.45) is 17.8 Å². The largest absolute Gasteiger partial charge is 0.466 e. The molecule has 1 aromatic carbocycles. The van der Waals surface area contributed by atoms with Crippen LogP contribution in [-0.2, 0) is 23.9 Å². The summed E-state index contributed by atoms with van der Waals surface area (Å²) in [4.78, 5) is 45.7. The molecule has 3 aliphatic rings. The van der Waals surface area contributed by atoms with Crippen molar-refractivity contribution >= 4 is 35.1 Å². The van der Waals surface area contributed by atoms with Crippen LogP contribution < -0.4 is 4.90 Å². The van der Waals surface area contributed by atoms with Crippen molar-refractivity contribution in [3.05, 3.63) is 41.4 Å². The molecule has 2 unspecified atom stereocenters. The fourth-order valence-corrected chi connectivity index (χ4v) is 7.55. The lowest BCUT2D eigenvalue weighted by atomic mass is 9.65. The number of halogens is 1. The van der Waals surface area contributed by atoms with Crippen LogP contribution in [0.2, 0.25) is 5.02 Å². The minimum absolute atomic E-state index is 0.0993. The van der Waals surface area contributed by atoms with Crippen LogP contribution in [0, 0.1) is 24.7 Å². The molecule has 9 heteroatoms. The Balaban J connectivity index is 1.92. The summed E-state index contributed by atoms with van der Waals surface area (Å²) in [7, 11) is 0. The molecule has 3 heterocycles. The number of carbonyl (C=O) groups is 3. The van der Waals surface area contributed by atoms with Gasteiger partial charge in [-0.05, 0) is 50.7 Å². The zero-order valence-electron chi connectivity index (χ0n) is 23.6. The predicted octanol–water partition coefficient (Wildman–Crippen LogP) is 4.29. The first-order valence-corrected chi connectivity index (χ1v) is 14.4. The van der Waals surface area contributed by atoms with Gasteiger partial charge in [-0.3, -0.25) is 14.4 Å². The number of ether oxygens (including phenoxy) is 2. The number of benzene rings is 1. The minimum Gasteiger partial charge on any atom is -0.466 e. The Labute approximate surface area is 236 Å². The summed E-state index contributed by atoms with van der Waals surface area (Å²) in [5, 5.41) is 11.0. The summed E-state index contributed by atoms with van der Waals surface area (Å²) in [6.45, 7) is 13.4. The second-order valence-electron chi connectivity index (χ2n) is 11.1. The van der Waals surface area contributed by atoms with Crippen LogP contribution in [0.3, 0.4) is 0 Å². The third kappa shape index (κ3) is 4.39. The lowest BCUT2D eigenvalue weighted by Gasteiger charge is -2.41. The molecule has 1 aromatic rings. The SMILES string of the molecule is C=CCN(C(=O)C1N([C@@H](CO)[C@@H](C)CC)C(=O)[C@@H]2[C@@H](C(=O)OCC)[C@@]3(CC)CCC12O3)c1c(C)cccc1Cl. The van der Waals surface area contributed by atoms with Crippen molar-refractivity contribution in [3.8, 4) is 0 Å². The van der Waals surface area contributed by atoms with E-state index < -0.39 is 41.1 Å². The lowest BCUT2D eigenvalue weighted by Crippen LogP contribution is -2.60. The Kier molecular flexibility index (Phi) is 8.50. The number of aliphatic hydroxyl groups is 1. The van der Waals surface area contributed by atoms with Crippen molar-refractivity contribution in [1.82, 2.24) is 4.90 Å². The van der Waals surface area contributed by atoms with Crippen molar-refractivity contribution < 1.29 is 29.0 Å². The maximum Gasteiger partial charge on any atom is 0.312 e. The van der Waals surface area contributed by atoms with Crippen LogP contribution >= 0.6 is 11.6 Å². The second-order valence-corrected chi connectivity index (χ2v) is 11.5. The van der Waals surface area contributed by atoms with E-state index in [4.69, 9.17) is 21.1 Å². The van der Waals surface area contributed by atoms with E-state index in [2.05, 4.69) is 6.58 Å². The molecule has 0 aliphatic carbocycles. The van der Waals surface area contributed by atoms with E-state index in [9.17, 15) is 19.5 Å². The molecule has 3 aliphatic heterocycles. The number of amides is 2. The number of nitrogens with zero attached hydrogens (tertiary/aromatic N) is 2. The van der Waals surface area contributed by atoms with E-state index in [-0.39, 0.29) is 37.5 Å². The molecule has 0 aromatic heterocycles. The van der Waals surface area contributed by atoms with Crippen LogP contribution in [0.5, 0.6) is 0 Å². The molecule has 1 spiro atoms. The van der Waals surface area contributed by atoms with Gasteiger partial charge in [0.25, 0.3) is 5.91 Å². The topological polar surface area (TPSA) is 96.4 Å². The zero-order valence-corrected chi connectivity index (χ0v) is 24.4. The van der Waals surface area contributed by atoms with Gasteiger partial charge in [-0.25, -0.2) is 0 Å². The predicted molar refractivity (Wildman–Crippen MR) is 149 cm³/mol. The summed E-state index contributed by atoms with van der Waals surface area (Å²) in [6.07, 6.45) is 3.81. The van der Waals surface area contributed by atoms with Gasteiger partial charge in [0, 0.05) is 6.54 Å². The molecular weight excluding hydrogens is 520 g/mol. The Morgan fingerprint density at radius 3 is 2.62 bits per heavy atom. The van der Waals surface area contributed by atoms with E-state index >= 15 is 0 Å². The average molecular weight is 561 g/mol. The van der Waals surface area contributed by atoms with Gasteiger partial charge in [0.2, 0.25) is 5.91 Å². The van der Waals surface area contributed by atoms with Gasteiger partial charge in [-0.15, -0.1) is 6.58 Å². The minimum atomic E-state index is -1.23. The van der Waals surface area contributed by atoms with Gasteiger partial charge in [-0.2, -0.15) is 0 Å². The number of aliphatic hydroxyl groups excluding tert-OH is 1. The van der Waals surface area contributed by atoms with Gasteiger partial charge in [-0.1, -0.05) is 57.0 Å². The van der Waals surface area contributed by atoms with E-state index in [0.29, 0.717) is 36.4 Å². The molecule has 1 N–H and O–H groups in total. The first kappa shape index (κ1) is 29.6. The van der Waals surface area contributed by atoms with Gasteiger partial charge >= 0.3 is 5.97 Å². The number of fused-ring (bicyclic) bond motifs is 1. The monoisotopic (exact) mass is 560 g/mol. The molecule has 0 saturated carbocycles. The number of para-hydroxylation sites is 1. The fourth-order valence-electron chi connectivity index (χ4n) is 7.23. The van der Waals surface area contributed by atoms with Crippen molar-refractivity contribution in [1.29, 1.82) is 0 Å². The maximum atomic E-state index is 14.8. The molecular formula is C30H41ClN2O6. The number of carbonyl (C=O) groups excluding carboxylic acids is 3. The standard InChI is InChI=1S/C30H41ClN2O6/c1-7-16-32(24-19(6)12-11-13-20(24)31)27(36)25-30-15-14-29(9-3,39-30)23(28(37)38-10-4)22(30)26(35)33(25)21(17-34)18(5)8-2/h7,11-13,18,21-23,25,34H,1,8-10,14-17H2,2-6H3/t18-,21-,22-,23-,25?,29+,30?/m0/s1. The van der Waals surface area contributed by atoms with Crippen LogP contribution in [0.4, 0.5) is 5.69 Å². The molecule has 3 saturated heterocycles. The molecule has 8 nitrogen and oxygen atoms in total. The highest BCUT2D eigenvalue weighted by Crippen LogP contribution is 2.65. The molecule has 3 fully saturated rings. The summed E-state index contributed by atoms with van der Waals surface area (Å²) >= 11 is 6.63. The molecule has 214 valence electrons. The first-order chi connectivity index (χ1) is 18.6. The summed E-state index contributed by atoms with van der Waals surface area (Å²) in [6, 6.07) is 3.74. The molecule has 0 radical (unpaired) electrons. The van der Waals surface area contributed by atoms with Crippen LogP contribution in [0.15, 0.2) is 30.9 Å². The van der Waals surface area contributed by atoms with E-state index in [1.807, 2.05) is 39.8 Å². The number of rotatable bonds is 11. The lowest BCUT2D eigenvalue weighted by molar-refractivity contribution is -0.162. The quantitative estimate of drug-likeness (QED) is 0.320. The highest BCUT2D eigenvalue weighted by molar-refractivity contribution is 6.34. The number of hydrogen-bond donors (Lipinski definition) is 1. The maximum absolute atomic E-state index is 14.8. The molecule has 7 atom stereocenters. The summed E-state index contributed by atoms with van der Waals surface area (Å²) in [5.41, 5.74) is -0.766. The third-order valence-electron chi connectivity index (χ3n) is 9.27. The Bertz CT molecular complexity index is 1120. The summed E-state index contributed by atoms with van der Waals surface area (Å²) in [5.74, 6) is -2.97. The van der Waals surface area contributed by atoms with Crippen LogP contribution in [0.25, 0.3) is 0 Å². The van der Waals surface area contributed by atoms with Crippen LogP contribution in [0.1, 0.15) is 58.9 Å². The Morgan fingerprint density at radius 2 is 2.05 bits per heavy atom. The van der Waals surface area contributed by atoms with Gasteiger partial charge in [0.1, 0.15) is 17.6 Å². The number of hydrogen-bond acceptors (Lipinski definition) is 6. The van der Waals surface area contributed by atoms with Crippen molar-refractivity contribution in [2.75, 3.05) is 24.7 Å². The molecule has 39 heavy (non-hydrogen) atoms. The normalized spacial score (nSPS) is 30.7. The summed E-state index contributed by atoms with van der Waals surface area (Å²) < 4.78 is 12.3. The highest BCUT2D eigenvalue weighted by atomic mass is 35.5. The number of aryl methyl sites for hydroxylation is 1. The smallest absolute Gasteiger partial charge is 0.312 e. The van der Waals surface area contributed by atoms with Gasteiger partial charge in [0.15, 0.2) is 0 Å². The second kappa shape index (κ2) is 11.2. The molecule has 4 rings (SSSR count). The fraction of sp³-hybridized carbons (Fsp3) is 0.633. The average Bonchev–Trinajstić information content (AvgIpc) is 3.52. The highest BCUT2D eigenvalue weighted by Gasteiger charge is 2.79.